The molecular weight excluding hydrogens is 450 g/mol. The first kappa shape index (κ1) is 26.5. The Balaban J connectivity index is 2.06. The lowest BCUT2D eigenvalue weighted by molar-refractivity contribution is -0.151. The number of carbonyl (C=O) groups is 3. The molecule has 0 aromatic heterocycles. The van der Waals surface area contributed by atoms with Gasteiger partial charge in [-0.3, -0.25) is 9.59 Å². The highest BCUT2D eigenvalue weighted by Crippen LogP contribution is 2.45. The van der Waals surface area contributed by atoms with Crippen LogP contribution in [0.2, 0.25) is 0 Å². The summed E-state index contributed by atoms with van der Waals surface area (Å²) in [6, 6.07) is 7.32. The zero-order valence-corrected chi connectivity index (χ0v) is 21.3. The van der Waals surface area contributed by atoms with E-state index >= 15 is 0 Å². The molecule has 35 heavy (non-hydrogen) atoms. The average Bonchev–Trinajstić information content (AvgIpc) is 2.80. The van der Waals surface area contributed by atoms with Gasteiger partial charge >= 0.3 is 11.9 Å². The summed E-state index contributed by atoms with van der Waals surface area (Å²) in [5.41, 5.74) is 2.76. The van der Waals surface area contributed by atoms with E-state index in [1.165, 1.54) is 7.11 Å². The number of carbonyl (C=O) groups excluding carboxylic acids is 3. The Labute approximate surface area is 206 Å². The van der Waals surface area contributed by atoms with Gasteiger partial charge in [-0.2, -0.15) is 0 Å². The standard InChI is InChI=1S/C27H35NO7/c1-7-33-19-10-8-9-18(14-19)23-22(27(31)35-12-11-34-15(2)3)17(5)28-20-13-16(4)21(26(30)32-6)25(29)24(20)23/h8-10,14-16,21,23,28H,7,11-13H2,1-6H3/t16-,21+,23+/m0/s1. The van der Waals surface area contributed by atoms with Gasteiger partial charge in [0.15, 0.2) is 5.78 Å². The summed E-state index contributed by atoms with van der Waals surface area (Å²) in [6.45, 7) is 10.2. The van der Waals surface area contributed by atoms with Crippen LogP contribution in [0.4, 0.5) is 0 Å². The minimum absolute atomic E-state index is 0.0184. The number of Topliss-reactive ketones (excluding diaryl/α,β-unsaturated/α-hetero) is 1. The van der Waals surface area contributed by atoms with Gasteiger partial charge in [0, 0.05) is 22.9 Å². The number of ketones is 1. The summed E-state index contributed by atoms with van der Waals surface area (Å²) in [5, 5.41) is 3.26. The Morgan fingerprint density at radius 2 is 1.94 bits per heavy atom. The largest absolute Gasteiger partial charge is 0.494 e. The second kappa shape index (κ2) is 11.5. The number of hydrogen-bond acceptors (Lipinski definition) is 8. The van der Waals surface area contributed by atoms with E-state index in [2.05, 4.69) is 5.32 Å². The summed E-state index contributed by atoms with van der Waals surface area (Å²) in [4.78, 5) is 39.6. The fraction of sp³-hybridized carbons (Fsp3) is 0.519. The van der Waals surface area contributed by atoms with Crippen LogP contribution in [0.1, 0.15) is 52.5 Å². The molecule has 8 heteroatoms. The maximum Gasteiger partial charge on any atom is 0.336 e. The van der Waals surface area contributed by atoms with Crippen LogP contribution in [-0.2, 0) is 28.6 Å². The molecule has 3 atom stereocenters. The van der Waals surface area contributed by atoms with Crippen molar-refractivity contribution >= 4 is 17.7 Å². The Hall–Kier alpha value is -3.13. The van der Waals surface area contributed by atoms with Crippen LogP contribution < -0.4 is 10.1 Å². The molecule has 0 saturated heterocycles. The van der Waals surface area contributed by atoms with E-state index in [1.807, 2.05) is 52.0 Å². The van der Waals surface area contributed by atoms with Crippen molar-refractivity contribution in [1.82, 2.24) is 5.32 Å². The predicted molar refractivity (Wildman–Crippen MR) is 130 cm³/mol. The summed E-state index contributed by atoms with van der Waals surface area (Å²) >= 11 is 0. The van der Waals surface area contributed by atoms with Crippen LogP contribution in [0.5, 0.6) is 5.75 Å². The molecule has 0 unspecified atom stereocenters. The molecule has 1 N–H and O–H groups in total. The number of allylic oxidation sites excluding steroid dienone is 3. The number of dihydropyridines is 1. The quantitative estimate of drug-likeness (QED) is 0.321. The van der Waals surface area contributed by atoms with E-state index in [1.54, 1.807) is 6.92 Å². The fourth-order valence-corrected chi connectivity index (χ4v) is 4.73. The highest BCUT2D eigenvalue weighted by atomic mass is 16.6. The van der Waals surface area contributed by atoms with Crippen molar-refractivity contribution in [3.8, 4) is 5.75 Å². The molecule has 1 heterocycles. The van der Waals surface area contributed by atoms with Gasteiger partial charge in [-0.25, -0.2) is 4.79 Å². The van der Waals surface area contributed by atoms with Crippen LogP contribution in [-0.4, -0.2) is 50.8 Å². The Morgan fingerprint density at radius 3 is 2.60 bits per heavy atom. The molecule has 1 aliphatic carbocycles. The summed E-state index contributed by atoms with van der Waals surface area (Å²) in [7, 11) is 1.28. The minimum Gasteiger partial charge on any atom is -0.494 e. The first-order chi connectivity index (χ1) is 16.7. The topological polar surface area (TPSA) is 100 Å². The lowest BCUT2D eigenvalue weighted by Gasteiger charge is -2.38. The zero-order chi connectivity index (χ0) is 25.7. The van der Waals surface area contributed by atoms with E-state index < -0.39 is 23.8 Å². The minimum atomic E-state index is -0.937. The van der Waals surface area contributed by atoms with Gasteiger partial charge < -0.3 is 24.3 Å². The number of ether oxygens (including phenoxy) is 4. The molecule has 0 amide bonds. The predicted octanol–water partition coefficient (Wildman–Crippen LogP) is 3.67. The van der Waals surface area contributed by atoms with Crippen LogP contribution in [0.25, 0.3) is 0 Å². The number of methoxy groups -OCH3 is 1. The van der Waals surface area contributed by atoms with Crippen molar-refractivity contribution in [2.75, 3.05) is 26.9 Å². The molecule has 8 nitrogen and oxygen atoms in total. The SMILES string of the molecule is CCOc1cccc([C@@H]2C(C(=O)OCCOC(C)C)=C(C)NC3=C2C(=O)[C@H](C(=O)OC)[C@@H](C)C3)c1. The van der Waals surface area contributed by atoms with Crippen molar-refractivity contribution < 1.29 is 33.3 Å². The summed E-state index contributed by atoms with van der Waals surface area (Å²) in [6.07, 6.45) is 0.495. The second-order valence-corrected chi connectivity index (χ2v) is 9.10. The number of esters is 2. The smallest absolute Gasteiger partial charge is 0.336 e. The molecular formula is C27H35NO7. The van der Waals surface area contributed by atoms with E-state index in [0.29, 0.717) is 46.9 Å². The molecule has 1 aromatic carbocycles. The number of nitrogens with one attached hydrogen (secondary N) is 1. The van der Waals surface area contributed by atoms with Gasteiger partial charge in [-0.05, 0) is 57.7 Å². The van der Waals surface area contributed by atoms with Crippen LogP contribution >= 0.6 is 0 Å². The number of hydrogen-bond donors (Lipinski definition) is 1. The molecule has 190 valence electrons. The molecule has 2 aliphatic rings. The van der Waals surface area contributed by atoms with Crippen LogP contribution in [0, 0.1) is 11.8 Å². The van der Waals surface area contributed by atoms with Gasteiger partial charge in [0.05, 0.1) is 32.0 Å². The van der Waals surface area contributed by atoms with E-state index in [-0.39, 0.29) is 31.0 Å². The van der Waals surface area contributed by atoms with Crippen molar-refractivity contribution in [3.63, 3.8) is 0 Å². The highest BCUT2D eigenvalue weighted by molar-refractivity contribution is 6.12. The van der Waals surface area contributed by atoms with Crippen LogP contribution in [0.3, 0.4) is 0 Å². The molecule has 1 aromatic rings. The molecule has 0 spiro atoms. The molecule has 0 bridgehead atoms. The van der Waals surface area contributed by atoms with Gasteiger partial charge in [0.25, 0.3) is 0 Å². The molecule has 0 saturated carbocycles. The van der Waals surface area contributed by atoms with Crippen molar-refractivity contribution in [3.05, 3.63) is 52.4 Å². The lowest BCUT2D eigenvalue weighted by atomic mass is 9.69. The lowest BCUT2D eigenvalue weighted by Crippen LogP contribution is -2.43. The Bertz CT molecular complexity index is 1040. The molecule has 0 radical (unpaired) electrons. The highest BCUT2D eigenvalue weighted by Gasteiger charge is 2.47. The van der Waals surface area contributed by atoms with Gasteiger partial charge in [0.1, 0.15) is 18.3 Å². The Kier molecular flexibility index (Phi) is 8.72. The third-order valence-electron chi connectivity index (χ3n) is 6.23. The van der Waals surface area contributed by atoms with Crippen molar-refractivity contribution in [1.29, 1.82) is 0 Å². The maximum absolute atomic E-state index is 13.8. The summed E-state index contributed by atoms with van der Waals surface area (Å²) < 4.78 is 21.7. The molecule has 1 aliphatic heterocycles. The number of benzene rings is 1. The Morgan fingerprint density at radius 1 is 1.20 bits per heavy atom. The van der Waals surface area contributed by atoms with E-state index in [4.69, 9.17) is 18.9 Å². The van der Waals surface area contributed by atoms with Gasteiger partial charge in [0.2, 0.25) is 0 Å². The first-order valence-corrected chi connectivity index (χ1v) is 12.0. The third-order valence-corrected chi connectivity index (χ3v) is 6.23. The average molecular weight is 486 g/mol. The van der Waals surface area contributed by atoms with E-state index in [0.717, 1.165) is 0 Å². The number of rotatable bonds is 9. The van der Waals surface area contributed by atoms with Gasteiger partial charge in [-0.15, -0.1) is 0 Å². The fourth-order valence-electron chi connectivity index (χ4n) is 4.73. The molecule has 3 rings (SSSR count). The van der Waals surface area contributed by atoms with Gasteiger partial charge in [-0.1, -0.05) is 19.1 Å². The van der Waals surface area contributed by atoms with Crippen molar-refractivity contribution in [2.24, 2.45) is 11.8 Å². The maximum atomic E-state index is 13.8. The first-order valence-electron chi connectivity index (χ1n) is 12.0. The van der Waals surface area contributed by atoms with E-state index in [9.17, 15) is 14.4 Å². The second-order valence-electron chi connectivity index (χ2n) is 9.10. The van der Waals surface area contributed by atoms with Crippen molar-refractivity contribution in [2.45, 2.75) is 53.1 Å². The zero-order valence-electron chi connectivity index (χ0n) is 21.3. The normalized spacial score (nSPS) is 22.0. The summed E-state index contributed by atoms with van der Waals surface area (Å²) in [5.74, 6) is -2.72. The van der Waals surface area contributed by atoms with Crippen LogP contribution in [0.15, 0.2) is 46.8 Å². The third kappa shape index (κ3) is 5.75. The monoisotopic (exact) mass is 485 g/mol. The molecule has 0 fully saturated rings.